The summed E-state index contributed by atoms with van der Waals surface area (Å²) < 4.78 is 10.4. The van der Waals surface area contributed by atoms with Gasteiger partial charge in [-0.15, -0.1) is 0 Å². The molecule has 0 aromatic rings. The van der Waals surface area contributed by atoms with Crippen molar-refractivity contribution in [2.75, 3.05) is 6.61 Å². The van der Waals surface area contributed by atoms with Gasteiger partial charge < -0.3 is 9.47 Å². The van der Waals surface area contributed by atoms with E-state index in [0.29, 0.717) is 12.5 Å². The average Bonchev–Trinajstić information content (AvgIpc) is 2.11. The Morgan fingerprint density at radius 1 is 1.18 bits per heavy atom. The maximum atomic E-state index is 11.5. The van der Waals surface area contributed by atoms with E-state index in [2.05, 4.69) is 34.6 Å². The smallest absolute Gasteiger partial charge is 0.434 e. The van der Waals surface area contributed by atoms with Crippen LogP contribution in [0.4, 0.5) is 4.79 Å². The van der Waals surface area contributed by atoms with Crippen LogP contribution in [0.5, 0.6) is 0 Å². The van der Waals surface area contributed by atoms with Gasteiger partial charge in [-0.1, -0.05) is 41.0 Å². The molecule has 0 N–H and O–H groups in total. The summed E-state index contributed by atoms with van der Waals surface area (Å²) in [5, 5.41) is 0. The molecule has 3 heteroatoms. The van der Waals surface area contributed by atoms with Gasteiger partial charge in [-0.2, -0.15) is 0 Å². The molecule has 0 aliphatic carbocycles. The standard InChI is InChI=1S/C14H28O3/c1-8-9-14(6,7)17-12(15)16-10-11(2)13(3,4)5/h11H,8-10H2,1-7H3. The highest BCUT2D eigenvalue weighted by molar-refractivity contribution is 5.60. The molecule has 0 spiro atoms. The lowest BCUT2D eigenvalue weighted by molar-refractivity contribution is -0.0304. The Bertz CT molecular complexity index is 238. The average molecular weight is 244 g/mol. The molecule has 1 unspecified atom stereocenters. The first kappa shape index (κ1) is 16.3. The summed E-state index contributed by atoms with van der Waals surface area (Å²) in [5.41, 5.74) is -0.296. The van der Waals surface area contributed by atoms with Gasteiger partial charge in [0.15, 0.2) is 0 Å². The summed E-state index contributed by atoms with van der Waals surface area (Å²) in [6, 6.07) is 0. The summed E-state index contributed by atoms with van der Waals surface area (Å²) in [5.74, 6) is 0.310. The monoisotopic (exact) mass is 244 g/mol. The molecule has 1 atom stereocenters. The van der Waals surface area contributed by atoms with E-state index in [-0.39, 0.29) is 5.41 Å². The predicted molar refractivity (Wildman–Crippen MR) is 70.0 cm³/mol. The van der Waals surface area contributed by atoms with Crippen molar-refractivity contribution in [2.24, 2.45) is 11.3 Å². The highest BCUT2D eigenvalue weighted by Crippen LogP contribution is 2.25. The summed E-state index contributed by atoms with van der Waals surface area (Å²) in [7, 11) is 0. The van der Waals surface area contributed by atoms with Crippen LogP contribution in [-0.4, -0.2) is 18.4 Å². The third-order valence-corrected chi connectivity index (χ3v) is 3.14. The summed E-state index contributed by atoms with van der Waals surface area (Å²) >= 11 is 0. The van der Waals surface area contributed by atoms with Crippen LogP contribution in [0.1, 0.15) is 61.3 Å². The van der Waals surface area contributed by atoms with Crippen molar-refractivity contribution in [3.05, 3.63) is 0 Å². The van der Waals surface area contributed by atoms with Gasteiger partial charge in [0.05, 0.1) is 6.61 Å². The van der Waals surface area contributed by atoms with Crippen molar-refractivity contribution >= 4 is 6.16 Å². The molecule has 0 aromatic heterocycles. The molecule has 0 saturated carbocycles. The van der Waals surface area contributed by atoms with Gasteiger partial charge in [-0.05, 0) is 31.6 Å². The van der Waals surface area contributed by atoms with Crippen LogP contribution < -0.4 is 0 Å². The Hall–Kier alpha value is -0.730. The van der Waals surface area contributed by atoms with Crippen molar-refractivity contribution in [1.29, 1.82) is 0 Å². The lowest BCUT2D eigenvalue weighted by Gasteiger charge is -2.28. The number of ether oxygens (including phenoxy) is 2. The van der Waals surface area contributed by atoms with E-state index in [9.17, 15) is 4.79 Å². The van der Waals surface area contributed by atoms with Crippen LogP contribution in [0, 0.1) is 11.3 Å². The first-order chi connectivity index (χ1) is 7.58. The van der Waals surface area contributed by atoms with Gasteiger partial charge in [-0.25, -0.2) is 4.79 Å². The van der Waals surface area contributed by atoms with Gasteiger partial charge in [-0.3, -0.25) is 0 Å². The zero-order chi connectivity index (χ0) is 13.7. The van der Waals surface area contributed by atoms with Crippen molar-refractivity contribution < 1.29 is 14.3 Å². The van der Waals surface area contributed by atoms with Crippen LogP contribution in [0.25, 0.3) is 0 Å². The largest absolute Gasteiger partial charge is 0.508 e. The van der Waals surface area contributed by atoms with Crippen LogP contribution in [0.3, 0.4) is 0 Å². The maximum absolute atomic E-state index is 11.5. The fourth-order valence-electron chi connectivity index (χ4n) is 1.35. The number of hydrogen-bond acceptors (Lipinski definition) is 3. The molecule has 0 heterocycles. The Balaban J connectivity index is 4.04. The quantitative estimate of drug-likeness (QED) is 0.672. The Kier molecular flexibility index (Phi) is 6.00. The molecule has 0 fully saturated rings. The first-order valence-corrected chi connectivity index (χ1v) is 6.44. The molecular formula is C14H28O3. The van der Waals surface area contributed by atoms with Crippen LogP contribution in [0.2, 0.25) is 0 Å². The second kappa shape index (κ2) is 6.27. The molecule has 0 bridgehead atoms. The molecule has 0 amide bonds. The first-order valence-electron chi connectivity index (χ1n) is 6.44. The van der Waals surface area contributed by atoms with E-state index in [1.807, 2.05) is 13.8 Å². The summed E-state index contributed by atoms with van der Waals surface area (Å²) in [6.45, 7) is 14.8. The van der Waals surface area contributed by atoms with E-state index >= 15 is 0 Å². The van der Waals surface area contributed by atoms with Crippen molar-refractivity contribution in [3.8, 4) is 0 Å². The fraction of sp³-hybridized carbons (Fsp3) is 0.929. The SMILES string of the molecule is CCCC(C)(C)OC(=O)OCC(C)C(C)(C)C. The molecule has 3 nitrogen and oxygen atoms in total. The number of rotatable bonds is 5. The minimum atomic E-state index is -0.556. The van der Waals surface area contributed by atoms with Crippen molar-refractivity contribution in [1.82, 2.24) is 0 Å². The molecular weight excluding hydrogens is 216 g/mol. The lowest BCUT2D eigenvalue weighted by atomic mass is 9.83. The van der Waals surface area contributed by atoms with Crippen LogP contribution in [0.15, 0.2) is 0 Å². The van der Waals surface area contributed by atoms with E-state index < -0.39 is 11.8 Å². The second-order valence-corrected chi connectivity index (χ2v) is 6.44. The molecule has 0 aliphatic heterocycles. The van der Waals surface area contributed by atoms with Gasteiger partial charge in [0.25, 0.3) is 0 Å². The normalized spacial score (nSPS) is 14.3. The van der Waals surface area contributed by atoms with E-state index in [1.165, 1.54) is 0 Å². The van der Waals surface area contributed by atoms with E-state index in [4.69, 9.17) is 9.47 Å². The maximum Gasteiger partial charge on any atom is 0.508 e. The zero-order valence-corrected chi connectivity index (χ0v) is 12.4. The van der Waals surface area contributed by atoms with Crippen LogP contribution >= 0.6 is 0 Å². The van der Waals surface area contributed by atoms with Gasteiger partial charge in [0.2, 0.25) is 0 Å². The molecule has 102 valence electrons. The molecule has 17 heavy (non-hydrogen) atoms. The van der Waals surface area contributed by atoms with E-state index in [0.717, 1.165) is 12.8 Å². The highest BCUT2D eigenvalue weighted by atomic mass is 16.7. The predicted octanol–water partition coefficient (Wildman–Crippen LogP) is 4.40. The van der Waals surface area contributed by atoms with Crippen molar-refractivity contribution in [3.63, 3.8) is 0 Å². The fourth-order valence-corrected chi connectivity index (χ4v) is 1.35. The van der Waals surface area contributed by atoms with E-state index in [1.54, 1.807) is 0 Å². The van der Waals surface area contributed by atoms with Crippen molar-refractivity contribution in [2.45, 2.75) is 66.9 Å². The number of carbonyl (C=O) groups is 1. The topological polar surface area (TPSA) is 35.5 Å². The second-order valence-electron chi connectivity index (χ2n) is 6.44. The molecule has 0 radical (unpaired) electrons. The summed E-state index contributed by atoms with van der Waals surface area (Å²) in [4.78, 5) is 11.5. The van der Waals surface area contributed by atoms with Crippen LogP contribution in [-0.2, 0) is 9.47 Å². The Morgan fingerprint density at radius 2 is 1.71 bits per heavy atom. The summed E-state index contributed by atoms with van der Waals surface area (Å²) in [6.07, 6.45) is 1.27. The molecule has 0 aliphatic rings. The Labute approximate surface area is 106 Å². The minimum absolute atomic E-state index is 0.138. The molecule has 0 aromatic carbocycles. The van der Waals surface area contributed by atoms with Gasteiger partial charge >= 0.3 is 6.16 Å². The van der Waals surface area contributed by atoms with Gasteiger partial charge in [0, 0.05) is 0 Å². The Morgan fingerprint density at radius 3 is 2.12 bits per heavy atom. The third-order valence-electron chi connectivity index (χ3n) is 3.14. The zero-order valence-electron chi connectivity index (χ0n) is 12.4. The number of carbonyl (C=O) groups excluding carboxylic acids is 1. The van der Waals surface area contributed by atoms with Gasteiger partial charge in [0.1, 0.15) is 5.60 Å². The molecule has 0 saturated heterocycles. The number of hydrogen-bond donors (Lipinski definition) is 0. The molecule has 0 rings (SSSR count). The lowest BCUT2D eigenvalue weighted by Crippen LogP contribution is -2.30. The third kappa shape index (κ3) is 7.24. The highest BCUT2D eigenvalue weighted by Gasteiger charge is 2.25. The minimum Gasteiger partial charge on any atom is -0.434 e.